The van der Waals surface area contributed by atoms with Crippen molar-refractivity contribution >= 4 is 5.91 Å². The van der Waals surface area contributed by atoms with E-state index in [2.05, 4.69) is 0 Å². The average molecular weight is 153 g/mol. The van der Waals surface area contributed by atoms with Gasteiger partial charge >= 0.3 is 0 Å². The van der Waals surface area contributed by atoms with Gasteiger partial charge in [-0.25, -0.2) is 0 Å². The highest BCUT2D eigenvalue weighted by atomic mass is 16.2. The van der Waals surface area contributed by atoms with Crippen LogP contribution in [0.5, 0.6) is 0 Å². The van der Waals surface area contributed by atoms with Gasteiger partial charge < -0.3 is 4.90 Å². The molecule has 1 unspecified atom stereocenters. The third-order valence-electron chi connectivity index (χ3n) is 2.85. The van der Waals surface area contributed by atoms with Crippen molar-refractivity contribution in [1.82, 2.24) is 4.90 Å². The van der Waals surface area contributed by atoms with Gasteiger partial charge in [-0.2, -0.15) is 0 Å². The highest BCUT2D eigenvalue weighted by molar-refractivity contribution is 5.80. The number of carbonyl (C=O) groups excluding carboxylic acids is 1. The first kappa shape index (κ1) is 7.14. The molecule has 2 nitrogen and oxygen atoms in total. The molecule has 2 heteroatoms. The van der Waals surface area contributed by atoms with E-state index in [1.165, 1.54) is 19.3 Å². The molecule has 2 aliphatic rings. The van der Waals surface area contributed by atoms with Gasteiger partial charge in [-0.1, -0.05) is 12.8 Å². The first-order valence-electron chi connectivity index (χ1n) is 4.52. The lowest BCUT2D eigenvalue weighted by Gasteiger charge is -2.08. The van der Waals surface area contributed by atoms with Crippen LogP contribution in [0.1, 0.15) is 25.7 Å². The number of carbonyl (C=O) groups is 1. The molecule has 0 N–H and O–H groups in total. The lowest BCUT2D eigenvalue weighted by Crippen LogP contribution is -2.22. The molecule has 2 rings (SSSR count). The molecule has 0 radical (unpaired) electrons. The van der Waals surface area contributed by atoms with Crippen LogP contribution in [0, 0.1) is 11.8 Å². The molecule has 0 aromatic rings. The zero-order chi connectivity index (χ0) is 7.84. The largest absolute Gasteiger partial charge is 0.345 e. The summed E-state index contributed by atoms with van der Waals surface area (Å²) in [7, 11) is 1.91. The summed E-state index contributed by atoms with van der Waals surface area (Å²) in [5, 5.41) is 0. The Kier molecular flexibility index (Phi) is 1.63. The van der Waals surface area contributed by atoms with Crippen molar-refractivity contribution in [3.63, 3.8) is 0 Å². The summed E-state index contributed by atoms with van der Waals surface area (Å²) in [5.41, 5.74) is 0. The third kappa shape index (κ3) is 1.39. The van der Waals surface area contributed by atoms with Gasteiger partial charge in [-0.15, -0.1) is 0 Å². The van der Waals surface area contributed by atoms with E-state index in [1.54, 1.807) is 0 Å². The van der Waals surface area contributed by atoms with Crippen LogP contribution >= 0.6 is 0 Å². The molecule has 1 amide bonds. The van der Waals surface area contributed by atoms with Gasteiger partial charge in [-0.05, 0) is 18.8 Å². The molecule has 11 heavy (non-hydrogen) atoms. The summed E-state index contributed by atoms with van der Waals surface area (Å²) in [6, 6.07) is 0. The van der Waals surface area contributed by atoms with Gasteiger partial charge in [0.05, 0.1) is 0 Å². The minimum Gasteiger partial charge on any atom is -0.345 e. The zero-order valence-electron chi connectivity index (χ0n) is 7.05. The normalized spacial score (nSPS) is 31.5. The maximum atomic E-state index is 11.4. The van der Waals surface area contributed by atoms with Crippen LogP contribution < -0.4 is 0 Å². The number of likely N-dealkylation sites (tertiary alicyclic amines) is 1. The zero-order valence-corrected chi connectivity index (χ0v) is 7.05. The number of hydrogen-bond donors (Lipinski definition) is 0. The van der Waals surface area contributed by atoms with Gasteiger partial charge in [0.15, 0.2) is 0 Å². The highest BCUT2D eigenvalue weighted by Crippen LogP contribution is 2.37. The predicted molar refractivity (Wildman–Crippen MR) is 43.1 cm³/mol. The monoisotopic (exact) mass is 153 g/mol. The lowest BCUT2D eigenvalue weighted by atomic mass is 10.0. The summed E-state index contributed by atoms with van der Waals surface area (Å²) < 4.78 is 0. The molecule has 1 heterocycles. The van der Waals surface area contributed by atoms with Crippen LogP contribution in [0.25, 0.3) is 0 Å². The topological polar surface area (TPSA) is 20.3 Å². The Bertz CT molecular complexity index is 174. The molecule has 0 aromatic heterocycles. The molecule has 0 spiro atoms. The molecule has 1 aliphatic carbocycles. The molecule has 0 aromatic carbocycles. The van der Waals surface area contributed by atoms with Crippen LogP contribution in [0.3, 0.4) is 0 Å². The van der Waals surface area contributed by atoms with Crippen LogP contribution in [0.15, 0.2) is 0 Å². The Morgan fingerprint density at radius 2 is 2.18 bits per heavy atom. The fourth-order valence-corrected chi connectivity index (χ4v) is 1.87. The van der Waals surface area contributed by atoms with Crippen molar-refractivity contribution < 1.29 is 4.79 Å². The summed E-state index contributed by atoms with van der Waals surface area (Å²) in [4.78, 5) is 13.3. The van der Waals surface area contributed by atoms with Crippen LogP contribution in [0.4, 0.5) is 0 Å². The van der Waals surface area contributed by atoms with E-state index in [4.69, 9.17) is 0 Å². The van der Waals surface area contributed by atoms with E-state index in [9.17, 15) is 4.79 Å². The minimum atomic E-state index is 0.382. The standard InChI is InChI=1S/C9H15NO/c1-10-5-4-8(9(10)11)6-7-2-3-7/h7-8H,2-6H2,1H3. The van der Waals surface area contributed by atoms with E-state index in [-0.39, 0.29) is 0 Å². The summed E-state index contributed by atoms with van der Waals surface area (Å²) in [6.07, 6.45) is 5.01. The van der Waals surface area contributed by atoms with Gasteiger partial charge in [0.1, 0.15) is 0 Å². The SMILES string of the molecule is CN1CCC(CC2CC2)C1=O. The number of nitrogens with zero attached hydrogens (tertiary/aromatic N) is 1. The lowest BCUT2D eigenvalue weighted by molar-refractivity contribution is -0.130. The van der Waals surface area contributed by atoms with Crippen molar-refractivity contribution in [1.29, 1.82) is 0 Å². The fraction of sp³-hybridized carbons (Fsp3) is 0.889. The molecule has 62 valence electrons. The Balaban J connectivity index is 1.88. The highest BCUT2D eigenvalue weighted by Gasteiger charge is 2.34. The second-order valence-electron chi connectivity index (χ2n) is 3.92. The van der Waals surface area contributed by atoms with Crippen molar-refractivity contribution in [3.05, 3.63) is 0 Å². The molecule has 1 aliphatic heterocycles. The number of rotatable bonds is 2. The Labute approximate surface area is 67.6 Å². The van der Waals surface area contributed by atoms with Crippen molar-refractivity contribution in [2.45, 2.75) is 25.7 Å². The minimum absolute atomic E-state index is 0.382. The van der Waals surface area contributed by atoms with Gasteiger partial charge in [0.25, 0.3) is 0 Å². The van der Waals surface area contributed by atoms with E-state index in [1.807, 2.05) is 11.9 Å². The van der Waals surface area contributed by atoms with Crippen molar-refractivity contribution in [3.8, 4) is 0 Å². The Morgan fingerprint density at radius 3 is 2.64 bits per heavy atom. The average Bonchev–Trinajstić information content (AvgIpc) is 2.74. The van der Waals surface area contributed by atoms with Gasteiger partial charge in [0, 0.05) is 19.5 Å². The van der Waals surface area contributed by atoms with E-state index < -0.39 is 0 Å². The maximum Gasteiger partial charge on any atom is 0.225 e. The number of hydrogen-bond acceptors (Lipinski definition) is 1. The molecule has 2 fully saturated rings. The van der Waals surface area contributed by atoms with Gasteiger partial charge in [0.2, 0.25) is 5.91 Å². The quantitative estimate of drug-likeness (QED) is 0.585. The number of amides is 1. The molecule has 1 saturated carbocycles. The van der Waals surface area contributed by atoms with E-state index in [0.717, 1.165) is 18.9 Å². The molecule has 0 bridgehead atoms. The van der Waals surface area contributed by atoms with Crippen molar-refractivity contribution in [2.24, 2.45) is 11.8 Å². The maximum absolute atomic E-state index is 11.4. The second kappa shape index (κ2) is 2.50. The Hall–Kier alpha value is -0.530. The third-order valence-corrected chi connectivity index (χ3v) is 2.85. The molecule has 1 atom stereocenters. The van der Waals surface area contributed by atoms with Crippen LogP contribution in [-0.2, 0) is 4.79 Å². The summed E-state index contributed by atoms with van der Waals surface area (Å²) >= 11 is 0. The first-order valence-corrected chi connectivity index (χ1v) is 4.52. The smallest absolute Gasteiger partial charge is 0.225 e. The molecule has 1 saturated heterocycles. The summed E-state index contributed by atoms with van der Waals surface area (Å²) in [6.45, 7) is 0.982. The van der Waals surface area contributed by atoms with E-state index in [0.29, 0.717) is 11.8 Å². The predicted octanol–water partition coefficient (Wildman–Crippen LogP) is 1.26. The van der Waals surface area contributed by atoms with Gasteiger partial charge in [-0.3, -0.25) is 4.79 Å². The van der Waals surface area contributed by atoms with Crippen LogP contribution in [0.2, 0.25) is 0 Å². The second-order valence-corrected chi connectivity index (χ2v) is 3.92. The van der Waals surface area contributed by atoms with E-state index >= 15 is 0 Å². The van der Waals surface area contributed by atoms with Crippen molar-refractivity contribution in [2.75, 3.05) is 13.6 Å². The Morgan fingerprint density at radius 1 is 1.45 bits per heavy atom. The molecular formula is C9H15NO. The van der Waals surface area contributed by atoms with Crippen LogP contribution in [-0.4, -0.2) is 24.4 Å². The first-order chi connectivity index (χ1) is 5.27. The molecular weight excluding hydrogens is 138 g/mol. The summed E-state index contributed by atoms with van der Waals surface area (Å²) in [5.74, 6) is 1.67. The fourth-order valence-electron chi connectivity index (χ4n) is 1.87.